The molecule has 0 saturated heterocycles. The van der Waals surface area contributed by atoms with Gasteiger partial charge >= 0.3 is 0 Å². The van der Waals surface area contributed by atoms with E-state index in [-0.39, 0.29) is 0 Å². The van der Waals surface area contributed by atoms with Crippen LogP contribution in [0.2, 0.25) is 0 Å². The normalized spacial score (nSPS) is 17.4. The minimum Gasteiger partial charge on any atom is -0.387 e. The van der Waals surface area contributed by atoms with Gasteiger partial charge in [0, 0.05) is 11.8 Å². The Morgan fingerprint density at radius 2 is 1.95 bits per heavy atom. The van der Waals surface area contributed by atoms with E-state index in [1.54, 1.807) is 0 Å². The number of fused-ring (bicyclic) bond motifs is 3. The van der Waals surface area contributed by atoms with Crippen molar-refractivity contribution in [3.05, 3.63) is 66.1 Å². The first-order valence-corrected chi connectivity index (χ1v) is 6.82. The molecule has 0 saturated carbocycles. The maximum Gasteiger partial charge on any atom is 0.143 e. The minimum absolute atomic E-state index is 0.415. The summed E-state index contributed by atoms with van der Waals surface area (Å²) < 4.78 is 3.99. The SMILES string of the molecule is OC1CCc2cnn(-c3ccccc3)c2-n2cccc21. The number of aromatic nitrogens is 3. The van der Waals surface area contributed by atoms with E-state index in [2.05, 4.69) is 5.10 Å². The number of aryl methyl sites for hydroxylation is 1. The molecule has 4 heteroatoms. The molecule has 1 atom stereocenters. The highest BCUT2D eigenvalue weighted by Gasteiger charge is 2.23. The number of benzene rings is 1. The summed E-state index contributed by atoms with van der Waals surface area (Å²) in [6.07, 6.45) is 5.05. The van der Waals surface area contributed by atoms with Gasteiger partial charge in [-0.1, -0.05) is 18.2 Å². The average Bonchev–Trinajstić information content (AvgIpc) is 3.09. The maximum atomic E-state index is 10.2. The van der Waals surface area contributed by atoms with Gasteiger partial charge in [0.25, 0.3) is 0 Å². The molecule has 3 heterocycles. The molecule has 1 aromatic carbocycles. The van der Waals surface area contributed by atoms with Crippen LogP contribution in [0, 0.1) is 0 Å². The molecule has 1 aliphatic rings. The Hall–Kier alpha value is -2.33. The van der Waals surface area contributed by atoms with Crippen molar-refractivity contribution in [3.63, 3.8) is 0 Å². The lowest BCUT2D eigenvalue weighted by molar-refractivity contribution is 0.163. The van der Waals surface area contributed by atoms with Gasteiger partial charge < -0.3 is 9.67 Å². The Morgan fingerprint density at radius 1 is 1.10 bits per heavy atom. The molecule has 3 aromatic rings. The summed E-state index contributed by atoms with van der Waals surface area (Å²) in [7, 11) is 0. The molecule has 0 fully saturated rings. The molecule has 20 heavy (non-hydrogen) atoms. The molecule has 0 spiro atoms. The molecule has 1 aliphatic heterocycles. The standard InChI is InChI=1S/C16H15N3O/c20-15-9-8-12-11-17-19(13-5-2-1-3-6-13)16(12)18-10-4-7-14(15)18/h1-7,10-11,15,20H,8-9H2. The first-order chi connectivity index (χ1) is 9.84. The van der Waals surface area contributed by atoms with Crippen LogP contribution in [0.4, 0.5) is 0 Å². The van der Waals surface area contributed by atoms with Crippen LogP contribution in [0.3, 0.4) is 0 Å². The molecule has 1 N–H and O–H groups in total. The molecule has 0 bridgehead atoms. The number of para-hydroxylation sites is 1. The number of hydrogen-bond donors (Lipinski definition) is 1. The number of hydrogen-bond acceptors (Lipinski definition) is 2. The van der Waals surface area contributed by atoms with Crippen LogP contribution < -0.4 is 0 Å². The predicted molar refractivity (Wildman–Crippen MR) is 76.2 cm³/mol. The van der Waals surface area contributed by atoms with Crippen molar-refractivity contribution in [2.75, 3.05) is 0 Å². The lowest BCUT2D eigenvalue weighted by Crippen LogP contribution is -2.08. The molecule has 0 amide bonds. The summed E-state index contributed by atoms with van der Waals surface area (Å²) in [5.41, 5.74) is 3.13. The molecule has 2 aromatic heterocycles. The predicted octanol–water partition coefficient (Wildman–Crippen LogP) is 2.64. The highest BCUT2D eigenvalue weighted by atomic mass is 16.3. The summed E-state index contributed by atoms with van der Waals surface area (Å²) in [5, 5.41) is 14.8. The zero-order valence-electron chi connectivity index (χ0n) is 11.0. The molecular formula is C16H15N3O. The van der Waals surface area contributed by atoms with Gasteiger partial charge in [-0.25, -0.2) is 4.68 Å². The molecule has 1 unspecified atom stereocenters. The summed E-state index contributed by atoms with van der Waals surface area (Å²) in [5.74, 6) is 1.03. The number of aliphatic hydroxyl groups excluding tert-OH is 1. The van der Waals surface area contributed by atoms with Crippen molar-refractivity contribution in [3.8, 4) is 11.5 Å². The second-order valence-electron chi connectivity index (χ2n) is 5.10. The zero-order chi connectivity index (χ0) is 13.5. The summed E-state index contributed by atoms with van der Waals surface area (Å²) >= 11 is 0. The van der Waals surface area contributed by atoms with Crippen LogP contribution in [0.25, 0.3) is 11.5 Å². The zero-order valence-corrected chi connectivity index (χ0v) is 11.0. The summed E-state index contributed by atoms with van der Waals surface area (Å²) in [4.78, 5) is 0. The molecule has 4 nitrogen and oxygen atoms in total. The van der Waals surface area contributed by atoms with Gasteiger partial charge in [0.1, 0.15) is 5.82 Å². The van der Waals surface area contributed by atoms with Crippen molar-refractivity contribution in [2.24, 2.45) is 0 Å². The molecule has 0 aliphatic carbocycles. The quantitative estimate of drug-likeness (QED) is 0.735. The first-order valence-electron chi connectivity index (χ1n) is 6.82. The average molecular weight is 265 g/mol. The third-order valence-electron chi connectivity index (χ3n) is 3.85. The van der Waals surface area contributed by atoms with Crippen LogP contribution in [-0.4, -0.2) is 19.5 Å². The highest BCUT2D eigenvalue weighted by molar-refractivity contribution is 5.45. The van der Waals surface area contributed by atoms with Crippen LogP contribution in [0.1, 0.15) is 23.8 Å². The maximum absolute atomic E-state index is 10.2. The van der Waals surface area contributed by atoms with E-state index in [1.807, 2.05) is 64.1 Å². The fourth-order valence-electron chi connectivity index (χ4n) is 2.87. The fourth-order valence-corrected chi connectivity index (χ4v) is 2.87. The first kappa shape index (κ1) is 11.5. The van der Waals surface area contributed by atoms with Crippen molar-refractivity contribution in [2.45, 2.75) is 18.9 Å². The van der Waals surface area contributed by atoms with Gasteiger partial charge in [0.2, 0.25) is 0 Å². The van der Waals surface area contributed by atoms with Crippen molar-refractivity contribution >= 4 is 0 Å². The molecule has 4 rings (SSSR count). The second kappa shape index (κ2) is 4.35. The lowest BCUT2D eigenvalue weighted by atomic mass is 10.1. The van der Waals surface area contributed by atoms with E-state index >= 15 is 0 Å². The largest absolute Gasteiger partial charge is 0.387 e. The third kappa shape index (κ3) is 1.62. The Kier molecular flexibility index (Phi) is 2.50. The van der Waals surface area contributed by atoms with Gasteiger partial charge in [-0.3, -0.25) is 0 Å². The monoisotopic (exact) mass is 265 g/mol. The third-order valence-corrected chi connectivity index (χ3v) is 3.85. The summed E-state index contributed by atoms with van der Waals surface area (Å²) in [6.45, 7) is 0. The Labute approximate surface area is 116 Å². The van der Waals surface area contributed by atoms with Gasteiger partial charge in [0.15, 0.2) is 0 Å². The van der Waals surface area contributed by atoms with E-state index in [1.165, 1.54) is 5.56 Å². The Balaban J connectivity index is 1.97. The smallest absolute Gasteiger partial charge is 0.143 e. The van der Waals surface area contributed by atoms with Gasteiger partial charge in [-0.2, -0.15) is 5.10 Å². The van der Waals surface area contributed by atoms with E-state index in [4.69, 9.17) is 0 Å². The highest BCUT2D eigenvalue weighted by Crippen LogP contribution is 2.31. The van der Waals surface area contributed by atoms with Crippen LogP contribution in [0.15, 0.2) is 54.9 Å². The number of nitrogens with zero attached hydrogens (tertiary/aromatic N) is 3. The van der Waals surface area contributed by atoms with Crippen molar-refractivity contribution in [1.29, 1.82) is 0 Å². The van der Waals surface area contributed by atoms with Gasteiger partial charge in [0.05, 0.1) is 23.7 Å². The summed E-state index contributed by atoms with van der Waals surface area (Å²) in [6, 6.07) is 14.0. The van der Waals surface area contributed by atoms with Crippen molar-refractivity contribution in [1.82, 2.24) is 14.3 Å². The molecular weight excluding hydrogens is 250 g/mol. The number of rotatable bonds is 1. The van der Waals surface area contributed by atoms with Crippen LogP contribution >= 0.6 is 0 Å². The van der Waals surface area contributed by atoms with Crippen molar-refractivity contribution < 1.29 is 5.11 Å². The van der Waals surface area contributed by atoms with E-state index in [0.29, 0.717) is 0 Å². The van der Waals surface area contributed by atoms with E-state index in [9.17, 15) is 5.11 Å². The van der Waals surface area contributed by atoms with Gasteiger partial charge in [-0.05, 0) is 37.1 Å². The second-order valence-corrected chi connectivity index (χ2v) is 5.10. The number of aliphatic hydroxyl groups is 1. The molecule has 0 radical (unpaired) electrons. The van der Waals surface area contributed by atoms with Gasteiger partial charge in [-0.15, -0.1) is 0 Å². The Morgan fingerprint density at radius 3 is 2.80 bits per heavy atom. The van der Waals surface area contributed by atoms with Crippen LogP contribution in [0.5, 0.6) is 0 Å². The Bertz CT molecular complexity index is 742. The topological polar surface area (TPSA) is 43.0 Å². The fraction of sp³-hybridized carbons (Fsp3) is 0.188. The lowest BCUT2D eigenvalue weighted by Gasteiger charge is -2.13. The minimum atomic E-state index is -0.415. The molecule has 100 valence electrons. The van der Waals surface area contributed by atoms with E-state index in [0.717, 1.165) is 30.0 Å². The van der Waals surface area contributed by atoms with Crippen LogP contribution in [-0.2, 0) is 6.42 Å². The van der Waals surface area contributed by atoms with E-state index < -0.39 is 6.10 Å².